The SMILES string of the molecule is CC(C)C1OC(=O)Nc2ccccc21. The van der Waals surface area contributed by atoms with Crippen LogP contribution in [0, 0.1) is 5.92 Å². The van der Waals surface area contributed by atoms with E-state index in [0.717, 1.165) is 11.3 Å². The van der Waals surface area contributed by atoms with Crippen LogP contribution < -0.4 is 5.32 Å². The molecular formula is C11H13NO2. The first kappa shape index (κ1) is 9.06. The minimum absolute atomic E-state index is 0.125. The van der Waals surface area contributed by atoms with Crippen LogP contribution in [0.25, 0.3) is 0 Å². The van der Waals surface area contributed by atoms with Crippen molar-refractivity contribution in [1.29, 1.82) is 0 Å². The molecule has 0 aliphatic carbocycles. The summed E-state index contributed by atoms with van der Waals surface area (Å²) >= 11 is 0. The van der Waals surface area contributed by atoms with Crippen molar-refractivity contribution >= 4 is 11.8 Å². The molecule has 74 valence electrons. The van der Waals surface area contributed by atoms with Crippen LogP contribution >= 0.6 is 0 Å². The van der Waals surface area contributed by atoms with E-state index < -0.39 is 0 Å². The van der Waals surface area contributed by atoms with Gasteiger partial charge in [-0.05, 0) is 12.0 Å². The van der Waals surface area contributed by atoms with Crippen molar-refractivity contribution in [1.82, 2.24) is 0 Å². The van der Waals surface area contributed by atoms with Gasteiger partial charge in [0.15, 0.2) is 0 Å². The molecule has 0 fully saturated rings. The molecule has 3 nitrogen and oxygen atoms in total. The number of amides is 1. The van der Waals surface area contributed by atoms with Crippen LogP contribution in [0.5, 0.6) is 0 Å². The van der Waals surface area contributed by atoms with E-state index in [9.17, 15) is 4.79 Å². The number of carbonyl (C=O) groups excluding carboxylic acids is 1. The maximum absolute atomic E-state index is 11.2. The lowest BCUT2D eigenvalue weighted by molar-refractivity contribution is 0.0777. The van der Waals surface area contributed by atoms with Crippen molar-refractivity contribution in [2.24, 2.45) is 5.92 Å². The maximum Gasteiger partial charge on any atom is 0.412 e. The Morgan fingerprint density at radius 2 is 2.07 bits per heavy atom. The highest BCUT2D eigenvalue weighted by Gasteiger charge is 2.27. The van der Waals surface area contributed by atoms with Crippen LogP contribution in [0.15, 0.2) is 24.3 Å². The van der Waals surface area contributed by atoms with Gasteiger partial charge in [0.2, 0.25) is 0 Å². The Kier molecular flexibility index (Phi) is 2.15. The first-order valence-electron chi connectivity index (χ1n) is 4.75. The molecular weight excluding hydrogens is 178 g/mol. The van der Waals surface area contributed by atoms with Gasteiger partial charge in [0, 0.05) is 5.56 Å². The molecule has 0 saturated heterocycles. The number of cyclic esters (lactones) is 1. The van der Waals surface area contributed by atoms with Gasteiger partial charge < -0.3 is 4.74 Å². The third-order valence-electron chi connectivity index (χ3n) is 2.34. The lowest BCUT2D eigenvalue weighted by atomic mass is 9.96. The van der Waals surface area contributed by atoms with Crippen molar-refractivity contribution in [3.8, 4) is 0 Å². The van der Waals surface area contributed by atoms with Crippen LogP contribution in [0.2, 0.25) is 0 Å². The van der Waals surface area contributed by atoms with E-state index >= 15 is 0 Å². The standard InChI is InChI=1S/C11H13NO2/c1-7(2)10-8-5-3-4-6-9(8)12-11(13)14-10/h3-7,10H,1-2H3,(H,12,13). The lowest BCUT2D eigenvalue weighted by Gasteiger charge is -2.28. The number of para-hydroxylation sites is 1. The summed E-state index contributed by atoms with van der Waals surface area (Å²) in [5, 5.41) is 2.68. The average Bonchev–Trinajstić information content (AvgIpc) is 2.16. The number of hydrogen-bond donors (Lipinski definition) is 1. The molecule has 0 aromatic heterocycles. The number of fused-ring (bicyclic) bond motifs is 1. The highest BCUT2D eigenvalue weighted by Crippen LogP contribution is 2.34. The molecule has 1 amide bonds. The first-order chi connectivity index (χ1) is 6.68. The molecule has 0 spiro atoms. The van der Waals surface area contributed by atoms with E-state index in [1.807, 2.05) is 38.1 Å². The summed E-state index contributed by atoms with van der Waals surface area (Å²) < 4.78 is 5.22. The van der Waals surface area contributed by atoms with Crippen molar-refractivity contribution in [2.45, 2.75) is 20.0 Å². The predicted octanol–water partition coefficient (Wildman–Crippen LogP) is 2.95. The second-order valence-corrected chi connectivity index (χ2v) is 3.78. The largest absolute Gasteiger partial charge is 0.441 e. The first-order valence-corrected chi connectivity index (χ1v) is 4.75. The summed E-state index contributed by atoms with van der Waals surface area (Å²) in [6, 6.07) is 7.74. The third kappa shape index (κ3) is 1.45. The maximum atomic E-state index is 11.2. The molecule has 0 bridgehead atoms. The Bertz CT molecular complexity index is 360. The zero-order valence-corrected chi connectivity index (χ0v) is 8.28. The van der Waals surface area contributed by atoms with Gasteiger partial charge in [0.05, 0.1) is 5.69 Å². The summed E-state index contributed by atoms with van der Waals surface area (Å²) in [4.78, 5) is 11.2. The fourth-order valence-electron chi connectivity index (χ4n) is 1.67. The number of hydrogen-bond acceptors (Lipinski definition) is 2. The van der Waals surface area contributed by atoms with E-state index in [0.29, 0.717) is 5.92 Å². The Hall–Kier alpha value is -1.51. The van der Waals surface area contributed by atoms with Gasteiger partial charge in [-0.1, -0.05) is 32.0 Å². The van der Waals surface area contributed by atoms with Gasteiger partial charge in [-0.3, -0.25) is 5.32 Å². The van der Waals surface area contributed by atoms with Crippen molar-refractivity contribution in [3.63, 3.8) is 0 Å². The second kappa shape index (κ2) is 3.33. The quantitative estimate of drug-likeness (QED) is 0.741. The smallest absolute Gasteiger partial charge is 0.412 e. The Balaban J connectivity index is 2.43. The molecule has 1 atom stereocenters. The number of ether oxygens (including phenoxy) is 1. The number of rotatable bonds is 1. The minimum atomic E-state index is -0.359. The molecule has 0 radical (unpaired) electrons. The van der Waals surface area contributed by atoms with E-state index in [2.05, 4.69) is 5.32 Å². The van der Waals surface area contributed by atoms with Crippen molar-refractivity contribution < 1.29 is 9.53 Å². The summed E-state index contributed by atoms with van der Waals surface area (Å²) in [6.07, 6.45) is -0.484. The van der Waals surface area contributed by atoms with Gasteiger partial charge in [-0.25, -0.2) is 4.79 Å². The predicted molar refractivity (Wildman–Crippen MR) is 54.1 cm³/mol. The van der Waals surface area contributed by atoms with Gasteiger partial charge in [0.25, 0.3) is 0 Å². The van der Waals surface area contributed by atoms with E-state index in [-0.39, 0.29) is 12.2 Å². The number of anilines is 1. The van der Waals surface area contributed by atoms with Crippen molar-refractivity contribution in [3.05, 3.63) is 29.8 Å². The third-order valence-corrected chi connectivity index (χ3v) is 2.34. The van der Waals surface area contributed by atoms with Crippen LogP contribution in [-0.2, 0) is 4.74 Å². The molecule has 1 N–H and O–H groups in total. The lowest BCUT2D eigenvalue weighted by Crippen LogP contribution is -2.27. The number of nitrogens with one attached hydrogen (secondary N) is 1. The Morgan fingerprint density at radius 1 is 1.36 bits per heavy atom. The van der Waals surface area contributed by atoms with Gasteiger partial charge in [0.1, 0.15) is 6.10 Å². The van der Waals surface area contributed by atoms with Gasteiger partial charge in [-0.2, -0.15) is 0 Å². The Labute approximate surface area is 83.1 Å². The molecule has 0 saturated carbocycles. The summed E-state index contributed by atoms with van der Waals surface area (Å²) in [5.74, 6) is 0.294. The molecule has 1 aromatic rings. The monoisotopic (exact) mass is 191 g/mol. The fourth-order valence-corrected chi connectivity index (χ4v) is 1.67. The van der Waals surface area contributed by atoms with Gasteiger partial charge >= 0.3 is 6.09 Å². The zero-order valence-electron chi connectivity index (χ0n) is 8.28. The molecule has 1 aliphatic rings. The fraction of sp³-hybridized carbons (Fsp3) is 0.364. The van der Waals surface area contributed by atoms with Crippen LogP contribution in [0.3, 0.4) is 0 Å². The number of carbonyl (C=O) groups is 1. The molecule has 1 unspecified atom stereocenters. The van der Waals surface area contributed by atoms with Gasteiger partial charge in [-0.15, -0.1) is 0 Å². The highest BCUT2D eigenvalue weighted by atomic mass is 16.6. The average molecular weight is 191 g/mol. The van der Waals surface area contributed by atoms with E-state index in [1.54, 1.807) is 0 Å². The summed E-state index contributed by atoms with van der Waals surface area (Å²) in [7, 11) is 0. The zero-order chi connectivity index (χ0) is 10.1. The Morgan fingerprint density at radius 3 is 2.79 bits per heavy atom. The molecule has 2 rings (SSSR count). The molecule has 1 aliphatic heterocycles. The molecule has 14 heavy (non-hydrogen) atoms. The minimum Gasteiger partial charge on any atom is -0.441 e. The second-order valence-electron chi connectivity index (χ2n) is 3.78. The summed E-state index contributed by atoms with van der Waals surface area (Å²) in [5.41, 5.74) is 1.92. The molecule has 1 aromatic carbocycles. The molecule has 3 heteroatoms. The van der Waals surface area contributed by atoms with Crippen LogP contribution in [0.1, 0.15) is 25.5 Å². The normalized spacial score (nSPS) is 19.9. The highest BCUT2D eigenvalue weighted by molar-refractivity contribution is 5.88. The number of benzene rings is 1. The van der Waals surface area contributed by atoms with Crippen LogP contribution in [0.4, 0.5) is 10.5 Å². The topological polar surface area (TPSA) is 38.3 Å². The van der Waals surface area contributed by atoms with E-state index in [1.165, 1.54) is 0 Å². The van der Waals surface area contributed by atoms with E-state index in [4.69, 9.17) is 4.74 Å². The summed E-state index contributed by atoms with van der Waals surface area (Å²) in [6.45, 7) is 4.08. The molecule has 1 heterocycles. The van der Waals surface area contributed by atoms with Crippen LogP contribution in [-0.4, -0.2) is 6.09 Å². The van der Waals surface area contributed by atoms with Crippen molar-refractivity contribution in [2.75, 3.05) is 5.32 Å².